The number of rotatable bonds is 3. The summed E-state index contributed by atoms with van der Waals surface area (Å²) in [6.07, 6.45) is 0. The van der Waals surface area contributed by atoms with E-state index in [-0.39, 0.29) is 17.3 Å². The highest BCUT2D eigenvalue weighted by molar-refractivity contribution is 6.06. The van der Waals surface area contributed by atoms with Crippen LogP contribution >= 0.6 is 0 Å². The normalized spacial score (nSPS) is 10.2. The van der Waals surface area contributed by atoms with Gasteiger partial charge in [-0.05, 0) is 44.0 Å². The molecule has 5 heteroatoms. The summed E-state index contributed by atoms with van der Waals surface area (Å²) in [5, 5.41) is 13.8. The summed E-state index contributed by atoms with van der Waals surface area (Å²) >= 11 is 0. The zero-order valence-corrected chi connectivity index (χ0v) is 12.1. The van der Waals surface area contributed by atoms with Gasteiger partial charge in [0.15, 0.2) is 0 Å². The Morgan fingerprint density at radius 1 is 1.14 bits per heavy atom. The number of hydrogen-bond acceptors (Lipinski definition) is 3. The van der Waals surface area contributed by atoms with E-state index in [1.165, 1.54) is 6.07 Å². The topological polar surface area (TPSA) is 72.2 Å². The van der Waals surface area contributed by atoms with Crippen molar-refractivity contribution >= 4 is 17.3 Å². The van der Waals surface area contributed by atoms with Crippen LogP contribution in [-0.2, 0) is 0 Å². The van der Waals surface area contributed by atoms with Crippen LogP contribution in [0.15, 0.2) is 36.4 Å². The Hall–Kier alpha value is -2.69. The molecule has 1 N–H and O–H groups in total. The maximum Gasteiger partial charge on any atom is 0.293 e. The average Bonchev–Trinajstić information content (AvgIpc) is 2.43. The van der Waals surface area contributed by atoms with E-state index >= 15 is 0 Å². The lowest BCUT2D eigenvalue weighted by Gasteiger charge is -2.11. The van der Waals surface area contributed by atoms with Crippen molar-refractivity contribution in [3.8, 4) is 0 Å². The number of nitrogens with one attached hydrogen (secondary N) is 1. The molecule has 108 valence electrons. The molecule has 0 heterocycles. The molecule has 0 aromatic heterocycles. The van der Waals surface area contributed by atoms with Crippen LogP contribution in [0.1, 0.15) is 27.0 Å². The van der Waals surface area contributed by atoms with Crippen molar-refractivity contribution in [3.05, 3.63) is 68.8 Å². The van der Waals surface area contributed by atoms with Gasteiger partial charge in [0, 0.05) is 11.6 Å². The first-order valence-corrected chi connectivity index (χ1v) is 6.52. The van der Waals surface area contributed by atoms with Crippen LogP contribution in [-0.4, -0.2) is 10.8 Å². The third-order valence-electron chi connectivity index (χ3n) is 3.43. The molecule has 0 radical (unpaired) electrons. The third-order valence-corrected chi connectivity index (χ3v) is 3.43. The molecule has 21 heavy (non-hydrogen) atoms. The molecule has 2 aromatic rings. The van der Waals surface area contributed by atoms with E-state index in [1.54, 1.807) is 31.2 Å². The van der Waals surface area contributed by atoms with Crippen molar-refractivity contribution in [3.63, 3.8) is 0 Å². The van der Waals surface area contributed by atoms with Crippen molar-refractivity contribution in [2.24, 2.45) is 0 Å². The summed E-state index contributed by atoms with van der Waals surface area (Å²) in [4.78, 5) is 22.9. The molecular formula is C16H16N2O3. The number of nitrogens with zero attached hydrogens (tertiary/aromatic N) is 1. The lowest BCUT2D eigenvalue weighted by atomic mass is 10.1. The fourth-order valence-corrected chi connectivity index (χ4v) is 2.08. The minimum Gasteiger partial charge on any atom is -0.316 e. The Balaban J connectivity index is 2.41. The SMILES string of the molecule is Cc1cccc(C(=O)Nc2c([N+](=O)[O-])ccc(C)c2C)c1. The molecule has 0 unspecified atom stereocenters. The maximum absolute atomic E-state index is 12.3. The van der Waals surface area contributed by atoms with Gasteiger partial charge in [0.25, 0.3) is 11.6 Å². The molecule has 1 amide bonds. The summed E-state index contributed by atoms with van der Waals surface area (Å²) in [7, 11) is 0. The lowest BCUT2D eigenvalue weighted by molar-refractivity contribution is -0.384. The smallest absolute Gasteiger partial charge is 0.293 e. The van der Waals surface area contributed by atoms with Gasteiger partial charge < -0.3 is 5.32 Å². The molecule has 5 nitrogen and oxygen atoms in total. The Labute approximate surface area is 122 Å². The van der Waals surface area contributed by atoms with Crippen LogP contribution in [0.3, 0.4) is 0 Å². The number of aryl methyl sites for hydroxylation is 2. The molecule has 0 aliphatic carbocycles. The van der Waals surface area contributed by atoms with Crippen molar-refractivity contribution in [2.45, 2.75) is 20.8 Å². The first kappa shape index (κ1) is 14.7. The van der Waals surface area contributed by atoms with Crippen LogP contribution in [0.25, 0.3) is 0 Å². The molecule has 0 aliphatic rings. The van der Waals surface area contributed by atoms with Crippen LogP contribution in [0.5, 0.6) is 0 Å². The largest absolute Gasteiger partial charge is 0.316 e. The van der Waals surface area contributed by atoms with E-state index in [0.717, 1.165) is 11.1 Å². The Morgan fingerprint density at radius 2 is 1.86 bits per heavy atom. The number of amides is 1. The fourth-order valence-electron chi connectivity index (χ4n) is 2.08. The minimum atomic E-state index is -0.488. The van der Waals surface area contributed by atoms with E-state index in [2.05, 4.69) is 5.32 Å². The van der Waals surface area contributed by atoms with Gasteiger partial charge in [-0.2, -0.15) is 0 Å². The second-order valence-corrected chi connectivity index (χ2v) is 4.98. The summed E-state index contributed by atoms with van der Waals surface area (Å²) in [6.45, 7) is 5.49. The molecule has 0 aliphatic heterocycles. The van der Waals surface area contributed by atoms with Gasteiger partial charge in [-0.15, -0.1) is 0 Å². The zero-order chi connectivity index (χ0) is 15.6. The van der Waals surface area contributed by atoms with Gasteiger partial charge in [0.2, 0.25) is 0 Å². The molecule has 0 bridgehead atoms. The van der Waals surface area contributed by atoms with Gasteiger partial charge in [-0.1, -0.05) is 23.8 Å². The van der Waals surface area contributed by atoms with Crippen molar-refractivity contribution in [1.29, 1.82) is 0 Å². The molecule has 0 fully saturated rings. The highest BCUT2D eigenvalue weighted by Crippen LogP contribution is 2.30. The Morgan fingerprint density at radius 3 is 2.48 bits per heavy atom. The van der Waals surface area contributed by atoms with Crippen LogP contribution in [0.2, 0.25) is 0 Å². The van der Waals surface area contributed by atoms with Gasteiger partial charge in [0.05, 0.1) is 4.92 Å². The van der Waals surface area contributed by atoms with E-state index in [1.807, 2.05) is 19.9 Å². The Bertz CT molecular complexity index is 723. The van der Waals surface area contributed by atoms with Crippen LogP contribution in [0.4, 0.5) is 11.4 Å². The highest BCUT2D eigenvalue weighted by atomic mass is 16.6. The van der Waals surface area contributed by atoms with Gasteiger partial charge in [-0.3, -0.25) is 14.9 Å². The van der Waals surface area contributed by atoms with E-state index in [4.69, 9.17) is 0 Å². The number of benzene rings is 2. The standard InChI is InChI=1S/C16H16N2O3/c1-10-5-4-6-13(9-10)16(19)17-15-12(3)11(2)7-8-14(15)18(20)21/h4-9H,1-3H3,(H,17,19). The van der Waals surface area contributed by atoms with E-state index in [9.17, 15) is 14.9 Å². The van der Waals surface area contributed by atoms with Crippen molar-refractivity contribution < 1.29 is 9.72 Å². The maximum atomic E-state index is 12.3. The van der Waals surface area contributed by atoms with E-state index in [0.29, 0.717) is 11.1 Å². The predicted octanol–water partition coefficient (Wildman–Crippen LogP) is 3.77. The second-order valence-electron chi connectivity index (χ2n) is 4.98. The average molecular weight is 284 g/mol. The van der Waals surface area contributed by atoms with Gasteiger partial charge in [0.1, 0.15) is 5.69 Å². The summed E-state index contributed by atoms with van der Waals surface area (Å²) in [5.74, 6) is -0.351. The fraction of sp³-hybridized carbons (Fsp3) is 0.188. The second kappa shape index (κ2) is 5.75. The monoisotopic (exact) mass is 284 g/mol. The van der Waals surface area contributed by atoms with Gasteiger partial charge in [-0.25, -0.2) is 0 Å². The first-order valence-electron chi connectivity index (χ1n) is 6.52. The zero-order valence-electron chi connectivity index (χ0n) is 12.1. The lowest BCUT2D eigenvalue weighted by Crippen LogP contribution is -2.14. The van der Waals surface area contributed by atoms with Crippen molar-refractivity contribution in [2.75, 3.05) is 5.32 Å². The van der Waals surface area contributed by atoms with E-state index < -0.39 is 4.92 Å². The van der Waals surface area contributed by atoms with Gasteiger partial charge >= 0.3 is 0 Å². The number of carbonyl (C=O) groups excluding carboxylic acids is 1. The number of nitro groups is 1. The Kier molecular flexibility index (Phi) is 4.03. The van der Waals surface area contributed by atoms with Crippen molar-refractivity contribution in [1.82, 2.24) is 0 Å². The number of nitro benzene ring substituents is 1. The molecule has 0 saturated heterocycles. The van der Waals surface area contributed by atoms with Crippen LogP contribution < -0.4 is 5.32 Å². The minimum absolute atomic E-state index is 0.0981. The summed E-state index contributed by atoms with van der Waals surface area (Å²) < 4.78 is 0. The number of carbonyl (C=O) groups is 1. The number of anilines is 1. The molecule has 0 atom stereocenters. The first-order chi connectivity index (χ1) is 9.90. The molecular weight excluding hydrogens is 268 g/mol. The summed E-state index contributed by atoms with van der Waals surface area (Å²) in [6, 6.07) is 10.2. The van der Waals surface area contributed by atoms with Crippen LogP contribution in [0, 0.1) is 30.9 Å². The number of hydrogen-bond donors (Lipinski definition) is 1. The molecule has 2 aromatic carbocycles. The summed E-state index contributed by atoms with van der Waals surface area (Å²) in [5.41, 5.74) is 3.18. The predicted molar refractivity (Wildman–Crippen MR) is 81.7 cm³/mol. The third kappa shape index (κ3) is 3.08. The highest BCUT2D eigenvalue weighted by Gasteiger charge is 2.19. The molecule has 0 saturated carbocycles. The molecule has 2 rings (SSSR count). The quantitative estimate of drug-likeness (QED) is 0.688. The molecule has 0 spiro atoms.